The van der Waals surface area contributed by atoms with E-state index in [0.29, 0.717) is 17.8 Å². The van der Waals surface area contributed by atoms with Gasteiger partial charge in [-0.25, -0.2) is 10.1 Å². The zero-order chi connectivity index (χ0) is 26.4. The molecule has 37 heavy (non-hydrogen) atoms. The van der Waals surface area contributed by atoms with Crippen LogP contribution in [-0.4, -0.2) is 13.1 Å². The summed E-state index contributed by atoms with van der Waals surface area (Å²) in [7, 11) is 0. The first kappa shape index (κ1) is 24.9. The van der Waals surface area contributed by atoms with Gasteiger partial charge in [0.2, 0.25) is 0 Å². The van der Waals surface area contributed by atoms with Crippen LogP contribution in [0.1, 0.15) is 76.1 Å². The van der Waals surface area contributed by atoms with Gasteiger partial charge in [-0.2, -0.15) is 0 Å². The van der Waals surface area contributed by atoms with Gasteiger partial charge in [0.1, 0.15) is 11.4 Å². The topological polar surface area (TPSA) is 40.6 Å². The molecule has 2 aromatic carbocycles. The van der Waals surface area contributed by atoms with Crippen molar-refractivity contribution >= 4 is 11.8 Å². The summed E-state index contributed by atoms with van der Waals surface area (Å²) in [6, 6.07) is 16.8. The van der Waals surface area contributed by atoms with Crippen molar-refractivity contribution < 1.29 is 4.74 Å². The second kappa shape index (κ2) is 8.97. The number of ether oxygens (including phenoxy) is 1. The lowest BCUT2D eigenvalue weighted by molar-refractivity contribution is 0.0143. The maximum absolute atomic E-state index is 9.59. The van der Waals surface area contributed by atoms with E-state index in [1.54, 1.807) is 0 Å². The van der Waals surface area contributed by atoms with Gasteiger partial charge in [-0.15, -0.1) is 0 Å². The third kappa shape index (κ3) is 4.47. The summed E-state index contributed by atoms with van der Waals surface area (Å²) in [4.78, 5) is 6.08. The van der Waals surface area contributed by atoms with Gasteiger partial charge in [-0.3, -0.25) is 0 Å². The lowest BCUT2D eigenvalue weighted by Gasteiger charge is -2.48. The van der Waals surface area contributed by atoms with Crippen LogP contribution in [0.2, 0.25) is 0 Å². The summed E-state index contributed by atoms with van der Waals surface area (Å²) in [5.41, 5.74) is 6.90. The Bertz CT molecular complexity index is 1350. The van der Waals surface area contributed by atoms with E-state index in [1.807, 2.05) is 49.4 Å². The maximum atomic E-state index is 9.59. The van der Waals surface area contributed by atoms with E-state index in [4.69, 9.17) is 11.3 Å². The number of nitrogens with zero attached hydrogens (tertiary/aromatic N) is 3. The van der Waals surface area contributed by atoms with Gasteiger partial charge in [0.05, 0.1) is 12.6 Å². The highest BCUT2D eigenvalue weighted by molar-refractivity contribution is 5.72. The summed E-state index contributed by atoms with van der Waals surface area (Å²) in [5, 5.41) is 9.59. The maximum Gasteiger partial charge on any atom is 0.265 e. The molecule has 3 heterocycles. The highest BCUT2D eigenvalue weighted by Gasteiger charge is 2.40. The normalized spacial score (nSPS) is 24.8. The number of rotatable bonds is 3. The van der Waals surface area contributed by atoms with E-state index >= 15 is 0 Å². The molecule has 0 radical (unpaired) electrons. The van der Waals surface area contributed by atoms with Crippen LogP contribution >= 0.6 is 0 Å². The average molecular weight is 490 g/mol. The zero-order valence-electron chi connectivity index (χ0n) is 22.6. The van der Waals surface area contributed by atoms with Gasteiger partial charge >= 0.3 is 0 Å². The lowest BCUT2D eigenvalue weighted by atomic mass is 9.69. The van der Waals surface area contributed by atoms with Crippen molar-refractivity contribution in [1.29, 1.82) is 5.26 Å². The summed E-state index contributed by atoms with van der Waals surface area (Å²) in [6.07, 6.45) is 8.76. The molecular weight excluding hydrogens is 454 g/mol. The number of hydrogen-bond acceptors (Lipinski definition) is 3. The highest BCUT2D eigenvalue weighted by atomic mass is 16.5. The first-order valence-electron chi connectivity index (χ1n) is 13.2. The fraction of sp³-hybridized carbons (Fsp3) is 0.394. The third-order valence-electron chi connectivity index (χ3n) is 8.45. The minimum absolute atomic E-state index is 0.123. The monoisotopic (exact) mass is 489 g/mol. The van der Waals surface area contributed by atoms with E-state index in [9.17, 15) is 5.26 Å². The fourth-order valence-electron chi connectivity index (χ4n) is 6.00. The molecule has 5 rings (SSSR count). The van der Waals surface area contributed by atoms with E-state index in [2.05, 4.69) is 61.7 Å². The molecule has 0 saturated carbocycles. The zero-order valence-corrected chi connectivity index (χ0v) is 22.6. The first-order chi connectivity index (χ1) is 17.6. The van der Waals surface area contributed by atoms with Crippen molar-refractivity contribution in [1.82, 2.24) is 0 Å². The Labute approximate surface area is 221 Å². The number of nitriles is 1. The van der Waals surface area contributed by atoms with Crippen molar-refractivity contribution in [2.75, 3.05) is 18.0 Å². The van der Waals surface area contributed by atoms with Gasteiger partial charge < -0.3 is 9.64 Å². The summed E-state index contributed by atoms with van der Waals surface area (Å²) >= 11 is 0. The van der Waals surface area contributed by atoms with E-state index in [1.165, 1.54) is 16.8 Å². The Hall–Kier alpha value is -3.76. The average Bonchev–Trinajstić information content (AvgIpc) is 2.87. The van der Waals surface area contributed by atoms with E-state index in [0.717, 1.165) is 37.1 Å². The summed E-state index contributed by atoms with van der Waals surface area (Å²) in [5.74, 6) is 0.663. The molecule has 1 atom stereocenters. The van der Waals surface area contributed by atoms with Gasteiger partial charge in [0.15, 0.2) is 0 Å². The SMILES string of the molecule is [C-]#[N+]/C(C#N)=C1C=C(/C=C/c2cc3c4c(c2)C(C)(C)CCN4CCC3(C)C)OC(C)(c2ccccc2)C/1. The van der Waals surface area contributed by atoms with E-state index < -0.39 is 5.60 Å². The van der Waals surface area contributed by atoms with Crippen LogP contribution in [0.15, 0.2) is 71.6 Å². The predicted octanol–water partition coefficient (Wildman–Crippen LogP) is 7.79. The summed E-state index contributed by atoms with van der Waals surface area (Å²) < 4.78 is 6.55. The Morgan fingerprint density at radius 1 is 1.00 bits per heavy atom. The van der Waals surface area contributed by atoms with Crippen LogP contribution < -0.4 is 4.90 Å². The number of benzene rings is 2. The molecule has 2 aromatic rings. The number of hydrogen-bond donors (Lipinski definition) is 0. The molecule has 1 unspecified atom stereocenters. The molecule has 3 aliphatic heterocycles. The smallest absolute Gasteiger partial charge is 0.265 e. The number of allylic oxidation sites excluding steroid dienone is 3. The molecule has 188 valence electrons. The quantitative estimate of drug-likeness (QED) is 0.326. The highest BCUT2D eigenvalue weighted by Crippen LogP contribution is 2.49. The Morgan fingerprint density at radius 3 is 2.19 bits per heavy atom. The van der Waals surface area contributed by atoms with Crippen LogP contribution in [0.5, 0.6) is 0 Å². The van der Waals surface area contributed by atoms with Crippen molar-refractivity contribution in [2.45, 2.75) is 70.3 Å². The van der Waals surface area contributed by atoms with Crippen molar-refractivity contribution in [3.63, 3.8) is 0 Å². The predicted molar refractivity (Wildman–Crippen MR) is 150 cm³/mol. The second-order valence-electron chi connectivity index (χ2n) is 12.1. The molecule has 0 bridgehead atoms. The van der Waals surface area contributed by atoms with Crippen LogP contribution in [0, 0.1) is 17.9 Å². The van der Waals surface area contributed by atoms with Gasteiger partial charge in [-0.1, -0.05) is 64.1 Å². The molecule has 0 aliphatic carbocycles. The minimum Gasteiger partial charge on any atom is -0.483 e. The molecular formula is C33H35N3O. The standard InChI is InChI=1S/C33H35N3O/c1-31(2)14-16-36-17-15-32(3,4)28-19-23(18-27(31)30(28)36)12-13-26-20-24(29(22-34)35-6)21-33(5,37-26)25-10-8-7-9-11-25/h7-13,18-20H,14-17,21H2,1-5H3/b13-12+,29-24-. The summed E-state index contributed by atoms with van der Waals surface area (Å²) in [6.45, 7) is 21.2. The Balaban J connectivity index is 1.59. The minimum atomic E-state index is -0.663. The van der Waals surface area contributed by atoms with Gasteiger partial charge in [-0.05, 0) is 82.7 Å². The third-order valence-corrected chi connectivity index (χ3v) is 8.45. The molecule has 0 fully saturated rings. The molecule has 0 spiro atoms. The second-order valence-corrected chi connectivity index (χ2v) is 12.1. The molecule has 4 nitrogen and oxygen atoms in total. The fourth-order valence-corrected chi connectivity index (χ4v) is 6.00. The van der Waals surface area contributed by atoms with Crippen LogP contribution in [0.3, 0.4) is 0 Å². The van der Waals surface area contributed by atoms with E-state index in [-0.39, 0.29) is 16.5 Å². The van der Waals surface area contributed by atoms with Gasteiger partial charge in [0.25, 0.3) is 5.70 Å². The molecule has 4 heteroatoms. The van der Waals surface area contributed by atoms with Crippen LogP contribution in [-0.2, 0) is 21.2 Å². The first-order valence-corrected chi connectivity index (χ1v) is 13.2. The molecule has 0 amide bonds. The van der Waals surface area contributed by atoms with Crippen molar-refractivity contribution in [3.8, 4) is 6.07 Å². The molecule has 0 N–H and O–H groups in total. The van der Waals surface area contributed by atoms with Crippen molar-refractivity contribution in [2.24, 2.45) is 0 Å². The molecule has 0 aromatic heterocycles. The largest absolute Gasteiger partial charge is 0.483 e. The Kier molecular flexibility index (Phi) is 6.04. The van der Waals surface area contributed by atoms with Gasteiger partial charge in [0, 0.05) is 25.2 Å². The van der Waals surface area contributed by atoms with Crippen LogP contribution in [0.4, 0.5) is 5.69 Å². The van der Waals surface area contributed by atoms with Crippen molar-refractivity contribution in [3.05, 3.63) is 105 Å². The van der Waals surface area contributed by atoms with Crippen LogP contribution in [0.25, 0.3) is 10.9 Å². The lowest BCUT2D eigenvalue weighted by Crippen LogP contribution is -2.44. The Morgan fingerprint density at radius 2 is 1.62 bits per heavy atom. The molecule has 0 saturated heterocycles. The number of anilines is 1. The molecule has 3 aliphatic rings.